The molecule has 4 heteroatoms. The van der Waals surface area contributed by atoms with Gasteiger partial charge < -0.3 is 5.32 Å². The fraction of sp³-hybridized carbons (Fsp3) is 0.0667. The number of hydrogen-bond acceptors (Lipinski definition) is 3. The number of anilines is 1. The number of rotatable bonds is 4. The molecule has 3 rings (SSSR count). The molecule has 0 saturated carbocycles. The normalized spacial score (nSPS) is 10.3. The molecule has 0 saturated heterocycles. The van der Waals surface area contributed by atoms with Crippen molar-refractivity contribution in [2.45, 2.75) is 6.54 Å². The van der Waals surface area contributed by atoms with Crippen LogP contribution in [0.15, 0.2) is 67.3 Å². The van der Waals surface area contributed by atoms with Crippen molar-refractivity contribution in [3.63, 3.8) is 0 Å². The number of pyridine rings is 1. The average Bonchev–Trinajstić information content (AvgIpc) is 3.01. The topological polar surface area (TPSA) is 42.7 Å². The molecule has 1 aromatic carbocycles. The first kappa shape index (κ1) is 11.5. The molecule has 0 atom stereocenters. The maximum atomic E-state index is 4.20. The smallest absolute Gasteiger partial charge is 0.0647 e. The van der Waals surface area contributed by atoms with E-state index in [0.717, 1.165) is 17.9 Å². The van der Waals surface area contributed by atoms with E-state index >= 15 is 0 Å². The molecule has 19 heavy (non-hydrogen) atoms. The molecule has 0 spiro atoms. The summed E-state index contributed by atoms with van der Waals surface area (Å²) in [6, 6.07) is 14.1. The highest BCUT2D eigenvalue weighted by atomic mass is 15.3. The van der Waals surface area contributed by atoms with Crippen LogP contribution in [-0.2, 0) is 6.54 Å². The predicted octanol–water partition coefficient (Wildman–Crippen LogP) is 2.88. The van der Waals surface area contributed by atoms with Gasteiger partial charge in [-0.2, -0.15) is 5.10 Å². The van der Waals surface area contributed by atoms with Gasteiger partial charge in [0.2, 0.25) is 0 Å². The van der Waals surface area contributed by atoms with Crippen LogP contribution in [0.1, 0.15) is 5.56 Å². The summed E-state index contributed by atoms with van der Waals surface area (Å²) >= 11 is 0. The highest BCUT2D eigenvalue weighted by molar-refractivity contribution is 5.48. The maximum absolute atomic E-state index is 4.20. The van der Waals surface area contributed by atoms with E-state index in [2.05, 4.69) is 21.5 Å². The molecule has 1 N–H and O–H groups in total. The average molecular weight is 250 g/mol. The Bertz CT molecular complexity index is 615. The van der Waals surface area contributed by atoms with Gasteiger partial charge >= 0.3 is 0 Å². The Morgan fingerprint density at radius 2 is 1.89 bits per heavy atom. The van der Waals surface area contributed by atoms with Gasteiger partial charge in [-0.15, -0.1) is 0 Å². The highest BCUT2D eigenvalue weighted by Crippen LogP contribution is 2.13. The zero-order valence-electron chi connectivity index (χ0n) is 10.4. The largest absolute Gasteiger partial charge is 0.381 e. The number of hydrogen-bond donors (Lipinski definition) is 1. The maximum Gasteiger partial charge on any atom is 0.0647 e. The molecule has 94 valence electrons. The van der Waals surface area contributed by atoms with Crippen molar-refractivity contribution in [2.24, 2.45) is 0 Å². The van der Waals surface area contributed by atoms with Gasteiger partial charge in [-0.25, -0.2) is 4.68 Å². The molecule has 0 unspecified atom stereocenters. The van der Waals surface area contributed by atoms with Crippen molar-refractivity contribution in [3.8, 4) is 5.69 Å². The molecule has 0 radical (unpaired) electrons. The zero-order chi connectivity index (χ0) is 12.9. The lowest BCUT2D eigenvalue weighted by Gasteiger charge is -2.07. The fourth-order valence-corrected chi connectivity index (χ4v) is 1.86. The van der Waals surface area contributed by atoms with Crippen molar-refractivity contribution in [1.82, 2.24) is 14.8 Å². The zero-order valence-corrected chi connectivity index (χ0v) is 10.4. The minimum absolute atomic E-state index is 0.773. The summed E-state index contributed by atoms with van der Waals surface area (Å²) in [5, 5.41) is 7.56. The number of nitrogens with zero attached hydrogens (tertiary/aromatic N) is 3. The third-order valence-electron chi connectivity index (χ3n) is 2.86. The predicted molar refractivity (Wildman–Crippen MR) is 75.1 cm³/mol. The van der Waals surface area contributed by atoms with E-state index < -0.39 is 0 Å². The fourth-order valence-electron chi connectivity index (χ4n) is 1.86. The monoisotopic (exact) mass is 250 g/mol. The molecule has 3 aromatic rings. The second kappa shape index (κ2) is 5.35. The van der Waals surface area contributed by atoms with E-state index in [4.69, 9.17) is 0 Å². The summed E-state index contributed by atoms with van der Waals surface area (Å²) < 4.78 is 1.84. The Kier molecular flexibility index (Phi) is 3.23. The first-order valence-corrected chi connectivity index (χ1v) is 6.15. The van der Waals surface area contributed by atoms with Crippen LogP contribution in [0.4, 0.5) is 5.69 Å². The lowest BCUT2D eigenvalue weighted by molar-refractivity contribution is 0.880. The minimum Gasteiger partial charge on any atom is -0.381 e. The van der Waals surface area contributed by atoms with Gasteiger partial charge in [0.05, 0.1) is 5.69 Å². The lowest BCUT2D eigenvalue weighted by atomic mass is 10.2. The summed E-state index contributed by atoms with van der Waals surface area (Å²) in [4.78, 5) is 4.09. The molecular formula is C15H14N4. The molecule has 0 fully saturated rings. The van der Waals surface area contributed by atoms with Crippen LogP contribution < -0.4 is 5.32 Å². The summed E-state index contributed by atoms with van der Waals surface area (Å²) in [6.07, 6.45) is 7.35. The second-order valence-electron chi connectivity index (χ2n) is 4.21. The van der Waals surface area contributed by atoms with Crippen molar-refractivity contribution in [1.29, 1.82) is 0 Å². The van der Waals surface area contributed by atoms with Crippen LogP contribution in [0, 0.1) is 0 Å². The lowest BCUT2D eigenvalue weighted by Crippen LogP contribution is -2.00. The number of aromatic nitrogens is 3. The van der Waals surface area contributed by atoms with E-state index in [1.165, 1.54) is 5.56 Å². The Hall–Kier alpha value is -2.62. The van der Waals surface area contributed by atoms with Gasteiger partial charge in [-0.3, -0.25) is 4.98 Å². The summed E-state index contributed by atoms with van der Waals surface area (Å²) in [5.41, 5.74) is 3.30. The van der Waals surface area contributed by atoms with Crippen molar-refractivity contribution in [2.75, 3.05) is 5.32 Å². The Labute approximate surface area is 111 Å². The quantitative estimate of drug-likeness (QED) is 0.774. The van der Waals surface area contributed by atoms with Crippen LogP contribution in [0.5, 0.6) is 0 Å². The van der Waals surface area contributed by atoms with Crippen LogP contribution in [-0.4, -0.2) is 14.8 Å². The Balaban J connectivity index is 1.67. The minimum atomic E-state index is 0.773. The van der Waals surface area contributed by atoms with Crippen LogP contribution >= 0.6 is 0 Å². The van der Waals surface area contributed by atoms with Crippen LogP contribution in [0.25, 0.3) is 5.69 Å². The third-order valence-corrected chi connectivity index (χ3v) is 2.86. The Morgan fingerprint density at radius 1 is 1.00 bits per heavy atom. The van der Waals surface area contributed by atoms with E-state index in [-0.39, 0.29) is 0 Å². The molecular weight excluding hydrogens is 236 g/mol. The molecule has 2 aromatic heterocycles. The summed E-state index contributed by atoms with van der Waals surface area (Å²) in [5.74, 6) is 0. The van der Waals surface area contributed by atoms with E-state index in [1.54, 1.807) is 12.4 Å². The van der Waals surface area contributed by atoms with Crippen LogP contribution in [0.2, 0.25) is 0 Å². The standard InChI is InChI=1S/C15H14N4/c1-3-13(11-16-8-1)12-17-14-4-6-15(7-5-14)19-10-2-9-18-19/h1-11,17H,12H2. The van der Waals surface area contributed by atoms with Gasteiger partial charge in [0.15, 0.2) is 0 Å². The molecule has 0 aliphatic heterocycles. The van der Waals surface area contributed by atoms with Gasteiger partial charge in [-0.1, -0.05) is 6.07 Å². The first-order valence-electron chi connectivity index (χ1n) is 6.15. The van der Waals surface area contributed by atoms with Crippen molar-refractivity contribution >= 4 is 5.69 Å². The second-order valence-corrected chi connectivity index (χ2v) is 4.21. The van der Waals surface area contributed by atoms with Crippen LogP contribution in [0.3, 0.4) is 0 Å². The SMILES string of the molecule is c1cncc(CNc2ccc(-n3cccn3)cc2)c1. The molecule has 0 aliphatic carbocycles. The van der Waals surface area contributed by atoms with E-state index in [0.29, 0.717) is 0 Å². The molecule has 4 nitrogen and oxygen atoms in total. The first-order chi connectivity index (χ1) is 9.42. The molecule has 0 amide bonds. The summed E-state index contributed by atoms with van der Waals surface area (Å²) in [6.45, 7) is 0.773. The highest BCUT2D eigenvalue weighted by Gasteiger charge is 1.97. The number of benzene rings is 1. The molecule has 0 bridgehead atoms. The third kappa shape index (κ3) is 2.80. The van der Waals surface area contributed by atoms with Crippen molar-refractivity contribution in [3.05, 3.63) is 72.8 Å². The number of nitrogens with one attached hydrogen (secondary N) is 1. The van der Waals surface area contributed by atoms with Gasteiger partial charge in [0.25, 0.3) is 0 Å². The van der Waals surface area contributed by atoms with E-state index in [1.807, 2.05) is 53.5 Å². The van der Waals surface area contributed by atoms with E-state index in [9.17, 15) is 0 Å². The molecule has 2 heterocycles. The summed E-state index contributed by atoms with van der Waals surface area (Å²) in [7, 11) is 0. The Morgan fingerprint density at radius 3 is 2.58 bits per heavy atom. The van der Waals surface area contributed by atoms with Gasteiger partial charge in [0.1, 0.15) is 0 Å². The van der Waals surface area contributed by atoms with Gasteiger partial charge in [-0.05, 0) is 42.0 Å². The van der Waals surface area contributed by atoms with Gasteiger partial charge in [0, 0.05) is 37.0 Å². The van der Waals surface area contributed by atoms with Crippen molar-refractivity contribution < 1.29 is 0 Å². The molecule has 0 aliphatic rings.